The minimum Gasteiger partial charge on any atom is -0.508 e. The van der Waals surface area contributed by atoms with Crippen LogP contribution >= 0.6 is 22.9 Å². The van der Waals surface area contributed by atoms with Crippen molar-refractivity contribution in [3.63, 3.8) is 0 Å². The molecule has 0 unspecified atom stereocenters. The van der Waals surface area contributed by atoms with Crippen LogP contribution in [-0.2, 0) is 5.88 Å². The van der Waals surface area contributed by atoms with Gasteiger partial charge >= 0.3 is 0 Å². The fraction of sp³-hybridized carbons (Fsp3) is 0.200. The molecule has 0 aliphatic heterocycles. The number of halogens is 1. The highest BCUT2D eigenvalue weighted by Crippen LogP contribution is 2.33. The van der Waals surface area contributed by atoms with Gasteiger partial charge in [0.2, 0.25) is 0 Å². The van der Waals surface area contributed by atoms with Gasteiger partial charge in [0, 0.05) is 20.5 Å². The lowest BCUT2D eigenvalue weighted by Gasteiger charge is -2.00. The summed E-state index contributed by atoms with van der Waals surface area (Å²) in [5, 5.41) is 10.6. The Morgan fingerprint density at radius 3 is 2.92 bits per heavy atom. The largest absolute Gasteiger partial charge is 0.508 e. The van der Waals surface area contributed by atoms with Crippen molar-refractivity contribution in [1.29, 1.82) is 0 Å². The fourth-order valence-electron chi connectivity index (χ4n) is 1.43. The van der Waals surface area contributed by atoms with Crippen LogP contribution in [0.4, 0.5) is 0 Å². The van der Waals surface area contributed by atoms with Crippen LogP contribution in [0.3, 0.4) is 0 Å². The summed E-state index contributed by atoms with van der Waals surface area (Å²) >= 11 is 7.49. The van der Waals surface area contributed by atoms with Crippen molar-refractivity contribution in [3.05, 3.63) is 28.6 Å². The van der Waals surface area contributed by atoms with Crippen LogP contribution in [0.1, 0.15) is 10.4 Å². The van der Waals surface area contributed by atoms with Gasteiger partial charge < -0.3 is 5.11 Å². The van der Waals surface area contributed by atoms with Gasteiger partial charge in [-0.05, 0) is 25.1 Å². The molecule has 1 aromatic carbocycles. The Morgan fingerprint density at radius 2 is 2.23 bits per heavy atom. The Hall–Kier alpha value is -0.730. The third kappa shape index (κ3) is 1.40. The first-order chi connectivity index (χ1) is 6.22. The highest BCUT2D eigenvalue weighted by Gasteiger charge is 2.07. The molecule has 0 bridgehead atoms. The number of aryl methyl sites for hydroxylation is 1. The van der Waals surface area contributed by atoms with Crippen LogP contribution in [-0.4, -0.2) is 5.11 Å². The molecule has 1 aromatic heterocycles. The molecule has 2 aromatic rings. The highest BCUT2D eigenvalue weighted by atomic mass is 35.5. The van der Waals surface area contributed by atoms with E-state index in [9.17, 15) is 5.11 Å². The quantitative estimate of drug-likeness (QED) is 0.716. The minimum absolute atomic E-state index is 0.292. The van der Waals surface area contributed by atoms with Gasteiger partial charge in [0.25, 0.3) is 0 Å². The zero-order valence-corrected chi connectivity index (χ0v) is 8.75. The predicted octanol–water partition coefficient (Wildman–Crippen LogP) is 3.65. The summed E-state index contributed by atoms with van der Waals surface area (Å²) < 4.78 is 1.19. The van der Waals surface area contributed by atoms with Crippen LogP contribution in [0.25, 0.3) is 10.1 Å². The van der Waals surface area contributed by atoms with Crippen molar-refractivity contribution in [1.82, 2.24) is 0 Å². The first kappa shape index (κ1) is 8.85. The second-order valence-electron chi connectivity index (χ2n) is 2.97. The van der Waals surface area contributed by atoms with Crippen molar-refractivity contribution >= 4 is 33.0 Å². The van der Waals surface area contributed by atoms with Crippen LogP contribution in [0, 0.1) is 6.92 Å². The third-order valence-corrected chi connectivity index (χ3v) is 3.33. The Balaban J connectivity index is 2.82. The number of hydrogen-bond acceptors (Lipinski definition) is 2. The van der Waals surface area contributed by atoms with Gasteiger partial charge in [-0.15, -0.1) is 22.9 Å². The molecule has 0 spiro atoms. The van der Waals surface area contributed by atoms with Gasteiger partial charge in [-0.25, -0.2) is 0 Å². The molecule has 0 saturated carbocycles. The monoisotopic (exact) mass is 212 g/mol. The summed E-state index contributed by atoms with van der Waals surface area (Å²) in [4.78, 5) is 1.24. The second-order valence-corrected chi connectivity index (χ2v) is 4.52. The molecule has 1 N–H and O–H groups in total. The molecule has 3 heteroatoms. The summed E-state index contributed by atoms with van der Waals surface area (Å²) in [6.07, 6.45) is 0. The Morgan fingerprint density at radius 1 is 1.46 bits per heavy atom. The first-order valence-corrected chi connectivity index (χ1v) is 5.34. The SMILES string of the molecule is Cc1cc2c(CCl)c(O)ccc2s1. The Kier molecular flexibility index (Phi) is 2.18. The molecular weight excluding hydrogens is 204 g/mol. The zero-order valence-electron chi connectivity index (χ0n) is 7.17. The minimum atomic E-state index is 0.292. The normalized spacial score (nSPS) is 10.9. The van der Waals surface area contributed by atoms with E-state index in [4.69, 9.17) is 11.6 Å². The number of aromatic hydroxyl groups is 1. The summed E-state index contributed by atoms with van der Waals surface area (Å²) in [7, 11) is 0. The summed E-state index contributed by atoms with van der Waals surface area (Å²) in [6, 6.07) is 5.70. The van der Waals surface area contributed by atoms with Crippen molar-refractivity contribution < 1.29 is 5.11 Å². The van der Waals surface area contributed by atoms with Crippen LogP contribution in [0.2, 0.25) is 0 Å². The number of fused-ring (bicyclic) bond motifs is 1. The number of rotatable bonds is 1. The van der Waals surface area contributed by atoms with Crippen molar-refractivity contribution in [2.75, 3.05) is 0 Å². The average Bonchev–Trinajstić information content (AvgIpc) is 2.45. The average molecular weight is 213 g/mol. The number of alkyl halides is 1. The summed E-state index contributed by atoms with van der Waals surface area (Å²) in [6.45, 7) is 2.06. The lowest BCUT2D eigenvalue weighted by Crippen LogP contribution is -1.79. The molecule has 1 nitrogen and oxygen atoms in total. The standard InChI is InChI=1S/C10H9ClOS/c1-6-4-7-8(5-11)9(12)2-3-10(7)13-6/h2-4,12H,5H2,1H3. The van der Waals surface area contributed by atoms with Gasteiger partial charge in [-0.3, -0.25) is 0 Å². The third-order valence-electron chi connectivity index (χ3n) is 2.04. The van der Waals surface area contributed by atoms with E-state index in [1.165, 1.54) is 9.58 Å². The maximum absolute atomic E-state index is 9.54. The van der Waals surface area contributed by atoms with Crippen molar-refractivity contribution in [3.8, 4) is 5.75 Å². The van der Waals surface area contributed by atoms with Gasteiger partial charge in [0.1, 0.15) is 5.75 Å². The summed E-state index contributed by atoms with van der Waals surface area (Å²) in [5.41, 5.74) is 0.837. The maximum Gasteiger partial charge on any atom is 0.120 e. The van der Waals surface area contributed by atoms with Crippen molar-refractivity contribution in [2.24, 2.45) is 0 Å². The van der Waals surface area contributed by atoms with Gasteiger partial charge in [0.05, 0.1) is 5.88 Å². The Bertz CT molecular complexity index is 447. The number of benzene rings is 1. The lowest BCUT2D eigenvalue weighted by atomic mass is 10.1. The molecule has 0 aliphatic carbocycles. The summed E-state index contributed by atoms with van der Waals surface area (Å²) in [5.74, 6) is 0.652. The van der Waals surface area contributed by atoms with E-state index in [1.54, 1.807) is 17.4 Å². The number of thiophene rings is 1. The van der Waals surface area contributed by atoms with E-state index in [2.05, 4.69) is 13.0 Å². The molecular formula is C10H9ClOS. The maximum atomic E-state index is 9.54. The molecule has 0 radical (unpaired) electrons. The van der Waals surface area contributed by atoms with Gasteiger partial charge in [-0.2, -0.15) is 0 Å². The smallest absolute Gasteiger partial charge is 0.120 e. The molecule has 13 heavy (non-hydrogen) atoms. The first-order valence-electron chi connectivity index (χ1n) is 3.99. The topological polar surface area (TPSA) is 20.2 Å². The van der Waals surface area contributed by atoms with Crippen molar-refractivity contribution in [2.45, 2.75) is 12.8 Å². The van der Waals surface area contributed by atoms with E-state index < -0.39 is 0 Å². The van der Waals surface area contributed by atoms with Crippen LogP contribution < -0.4 is 0 Å². The van der Waals surface area contributed by atoms with Crippen LogP contribution in [0.5, 0.6) is 5.75 Å². The number of phenols is 1. The molecule has 0 amide bonds. The molecule has 68 valence electrons. The predicted molar refractivity (Wildman–Crippen MR) is 57.8 cm³/mol. The van der Waals surface area contributed by atoms with E-state index >= 15 is 0 Å². The molecule has 2 rings (SSSR count). The van der Waals surface area contributed by atoms with Gasteiger partial charge in [-0.1, -0.05) is 0 Å². The fourth-order valence-corrected chi connectivity index (χ4v) is 2.66. The second kappa shape index (κ2) is 3.20. The van der Waals surface area contributed by atoms with Crippen LogP contribution in [0.15, 0.2) is 18.2 Å². The Labute approximate surface area is 85.6 Å². The molecule has 0 fully saturated rings. The van der Waals surface area contributed by atoms with Gasteiger partial charge in [0.15, 0.2) is 0 Å². The lowest BCUT2D eigenvalue weighted by molar-refractivity contribution is 0.471. The number of hydrogen-bond donors (Lipinski definition) is 1. The van der Waals surface area contributed by atoms with E-state index in [1.807, 2.05) is 6.07 Å². The molecule has 1 heterocycles. The molecule has 0 saturated heterocycles. The van der Waals surface area contributed by atoms with E-state index in [-0.39, 0.29) is 0 Å². The molecule has 0 aliphatic rings. The molecule has 0 atom stereocenters. The van der Waals surface area contributed by atoms with E-state index in [0.29, 0.717) is 11.6 Å². The zero-order chi connectivity index (χ0) is 9.42. The number of phenolic OH excluding ortho intramolecular Hbond substituents is 1. The van der Waals surface area contributed by atoms with E-state index in [0.717, 1.165) is 10.9 Å². The highest BCUT2D eigenvalue weighted by molar-refractivity contribution is 7.19.